The number of aromatic nitrogens is 2. The first kappa shape index (κ1) is 18.6. The molecule has 1 amide bonds. The van der Waals surface area contributed by atoms with Crippen LogP contribution in [0.2, 0.25) is 0 Å². The van der Waals surface area contributed by atoms with Crippen molar-refractivity contribution in [1.29, 1.82) is 0 Å². The molecule has 2 heterocycles. The summed E-state index contributed by atoms with van der Waals surface area (Å²) < 4.78 is 1.45. The zero-order valence-corrected chi connectivity index (χ0v) is 15.8. The number of carboxylic acids is 1. The van der Waals surface area contributed by atoms with Crippen molar-refractivity contribution in [2.24, 2.45) is 5.92 Å². The van der Waals surface area contributed by atoms with Crippen molar-refractivity contribution >= 4 is 33.4 Å². The summed E-state index contributed by atoms with van der Waals surface area (Å²) in [6.07, 6.45) is 5.67. The number of thiophene rings is 1. The van der Waals surface area contributed by atoms with Crippen LogP contribution >= 0.6 is 11.3 Å². The Morgan fingerprint density at radius 3 is 2.77 bits per heavy atom. The van der Waals surface area contributed by atoms with Crippen LogP contribution in [0.1, 0.15) is 43.6 Å². The van der Waals surface area contributed by atoms with E-state index in [0.29, 0.717) is 5.39 Å². The number of amides is 1. The largest absolute Gasteiger partial charge is 0.480 e. The minimum Gasteiger partial charge on any atom is -0.480 e. The first-order valence-corrected chi connectivity index (χ1v) is 9.72. The van der Waals surface area contributed by atoms with Crippen molar-refractivity contribution in [2.75, 3.05) is 0 Å². The number of aliphatic carboxylic acids is 1. The van der Waals surface area contributed by atoms with Gasteiger partial charge in [0.15, 0.2) is 0 Å². The average molecular weight is 377 g/mol. The number of aryl methyl sites for hydroxylation is 3. The highest BCUT2D eigenvalue weighted by atomic mass is 32.1. The first-order chi connectivity index (χ1) is 12.4. The number of carbonyl (C=O) groups excluding carboxylic acids is 1. The molecular formula is C18H23N3O4S. The number of nitrogens with one attached hydrogen (secondary N) is 1. The van der Waals surface area contributed by atoms with Crippen LogP contribution in [-0.2, 0) is 29.0 Å². The molecule has 1 atom stereocenters. The van der Waals surface area contributed by atoms with Crippen LogP contribution in [0.5, 0.6) is 0 Å². The van der Waals surface area contributed by atoms with Crippen LogP contribution in [-0.4, -0.2) is 32.6 Å². The van der Waals surface area contributed by atoms with E-state index in [1.807, 2.05) is 0 Å². The molecule has 2 aromatic heterocycles. The van der Waals surface area contributed by atoms with Crippen LogP contribution in [0.25, 0.3) is 10.2 Å². The number of nitrogens with zero attached hydrogens (tertiary/aromatic N) is 2. The molecule has 0 radical (unpaired) electrons. The summed E-state index contributed by atoms with van der Waals surface area (Å²) in [6, 6.07) is -0.927. The summed E-state index contributed by atoms with van der Waals surface area (Å²) >= 11 is 1.59. The summed E-state index contributed by atoms with van der Waals surface area (Å²) in [6.45, 7) is 3.66. The minimum atomic E-state index is -1.06. The summed E-state index contributed by atoms with van der Waals surface area (Å²) in [4.78, 5) is 42.5. The van der Waals surface area contributed by atoms with E-state index in [4.69, 9.17) is 5.11 Å². The zero-order valence-electron chi connectivity index (χ0n) is 14.9. The normalized spacial score (nSPS) is 15.0. The Labute approximate surface area is 155 Å². The molecule has 7 nitrogen and oxygen atoms in total. The molecule has 0 unspecified atom stereocenters. The molecular weight excluding hydrogens is 354 g/mol. The summed E-state index contributed by atoms with van der Waals surface area (Å²) in [5, 5.41) is 12.4. The van der Waals surface area contributed by atoms with Gasteiger partial charge in [-0.2, -0.15) is 0 Å². The fraction of sp³-hybridized carbons (Fsp3) is 0.556. The first-order valence-electron chi connectivity index (χ1n) is 8.90. The van der Waals surface area contributed by atoms with Gasteiger partial charge in [-0.05, 0) is 37.2 Å². The van der Waals surface area contributed by atoms with Crippen LogP contribution < -0.4 is 10.9 Å². The van der Waals surface area contributed by atoms with Gasteiger partial charge in [-0.3, -0.25) is 14.2 Å². The second-order valence-electron chi connectivity index (χ2n) is 7.01. The standard InChI is InChI=1S/C18H23N3O4S/c1-10(2)15(18(24)25)20-13(22)7-8-21-9-19-16-14(17(21)23)11-5-3-4-6-12(11)26-16/h9-10,15H,3-8H2,1-2H3,(H,20,22)(H,24,25)/t15-/m1/s1. The van der Waals surface area contributed by atoms with E-state index >= 15 is 0 Å². The SMILES string of the molecule is CC(C)[C@@H](NC(=O)CCn1cnc2sc3c(c2c1=O)CCCC3)C(=O)O. The van der Waals surface area contributed by atoms with E-state index in [1.54, 1.807) is 25.2 Å². The Hall–Kier alpha value is -2.22. The molecule has 1 aliphatic carbocycles. The molecule has 0 aromatic carbocycles. The molecule has 2 N–H and O–H groups in total. The molecule has 2 aromatic rings. The molecule has 0 bridgehead atoms. The highest BCUT2D eigenvalue weighted by molar-refractivity contribution is 7.18. The van der Waals surface area contributed by atoms with Gasteiger partial charge in [0, 0.05) is 17.8 Å². The van der Waals surface area contributed by atoms with Crippen molar-refractivity contribution in [3.05, 3.63) is 27.1 Å². The molecule has 0 saturated heterocycles. The Morgan fingerprint density at radius 2 is 2.08 bits per heavy atom. The monoisotopic (exact) mass is 377 g/mol. The molecule has 0 aliphatic heterocycles. The minimum absolute atomic E-state index is 0.0376. The van der Waals surface area contributed by atoms with Gasteiger partial charge in [0.05, 0.1) is 11.7 Å². The van der Waals surface area contributed by atoms with E-state index in [0.717, 1.165) is 36.1 Å². The lowest BCUT2D eigenvalue weighted by atomic mass is 9.97. The van der Waals surface area contributed by atoms with E-state index < -0.39 is 12.0 Å². The number of carboxylic acid groups (broad SMARTS) is 1. The third kappa shape index (κ3) is 3.65. The van der Waals surface area contributed by atoms with Crippen LogP contribution in [0.15, 0.2) is 11.1 Å². The highest BCUT2D eigenvalue weighted by Gasteiger charge is 2.24. The van der Waals surface area contributed by atoms with Crippen molar-refractivity contribution < 1.29 is 14.7 Å². The third-order valence-corrected chi connectivity index (χ3v) is 5.97. The fourth-order valence-corrected chi connectivity index (χ4v) is 4.54. The summed E-state index contributed by atoms with van der Waals surface area (Å²) in [7, 11) is 0. The Bertz CT molecular complexity index is 900. The Kier molecular flexibility index (Phi) is 5.41. The third-order valence-electron chi connectivity index (χ3n) is 4.77. The van der Waals surface area contributed by atoms with Crippen LogP contribution in [0.3, 0.4) is 0 Å². The average Bonchev–Trinajstić information content (AvgIpc) is 2.97. The molecule has 1 aliphatic rings. The maximum atomic E-state index is 12.8. The van der Waals surface area contributed by atoms with Gasteiger partial charge in [0.1, 0.15) is 10.9 Å². The molecule has 26 heavy (non-hydrogen) atoms. The van der Waals surface area contributed by atoms with Gasteiger partial charge in [0.25, 0.3) is 5.56 Å². The number of hydrogen-bond acceptors (Lipinski definition) is 5. The van der Waals surface area contributed by atoms with Crippen LogP contribution in [0.4, 0.5) is 0 Å². The van der Waals surface area contributed by atoms with Crippen molar-refractivity contribution in [3.63, 3.8) is 0 Å². The fourth-order valence-electron chi connectivity index (χ4n) is 3.32. The highest BCUT2D eigenvalue weighted by Crippen LogP contribution is 2.33. The summed E-state index contributed by atoms with van der Waals surface area (Å²) in [5.74, 6) is -1.65. The van der Waals surface area contributed by atoms with Gasteiger partial charge in [-0.25, -0.2) is 9.78 Å². The molecule has 0 spiro atoms. The lowest BCUT2D eigenvalue weighted by Crippen LogP contribution is -2.44. The molecule has 3 rings (SSSR count). The molecule has 140 valence electrons. The molecule has 0 saturated carbocycles. The Balaban J connectivity index is 1.75. The zero-order chi connectivity index (χ0) is 18.8. The van der Waals surface area contributed by atoms with E-state index in [-0.39, 0.29) is 30.3 Å². The number of hydrogen-bond donors (Lipinski definition) is 2. The van der Waals surface area contributed by atoms with E-state index in [2.05, 4.69) is 10.3 Å². The smallest absolute Gasteiger partial charge is 0.326 e. The van der Waals surface area contributed by atoms with Gasteiger partial charge in [-0.1, -0.05) is 13.8 Å². The second-order valence-corrected chi connectivity index (χ2v) is 8.10. The predicted octanol–water partition coefficient (Wildman–Crippen LogP) is 1.95. The maximum absolute atomic E-state index is 12.8. The van der Waals surface area contributed by atoms with E-state index in [1.165, 1.54) is 15.8 Å². The number of fused-ring (bicyclic) bond motifs is 3. The Morgan fingerprint density at radius 1 is 1.35 bits per heavy atom. The van der Waals surface area contributed by atoms with Crippen molar-refractivity contribution in [2.45, 2.75) is 58.5 Å². The van der Waals surface area contributed by atoms with Crippen molar-refractivity contribution in [1.82, 2.24) is 14.9 Å². The van der Waals surface area contributed by atoms with Gasteiger partial charge >= 0.3 is 5.97 Å². The molecule has 0 fully saturated rings. The quantitative estimate of drug-likeness (QED) is 0.801. The topological polar surface area (TPSA) is 101 Å². The molecule has 8 heteroatoms. The maximum Gasteiger partial charge on any atom is 0.326 e. The lowest BCUT2D eigenvalue weighted by molar-refractivity contribution is -0.143. The number of rotatable bonds is 6. The van der Waals surface area contributed by atoms with Crippen LogP contribution in [0, 0.1) is 5.92 Å². The predicted molar refractivity (Wildman–Crippen MR) is 99.5 cm³/mol. The second kappa shape index (κ2) is 7.57. The van der Waals surface area contributed by atoms with Gasteiger partial charge in [-0.15, -0.1) is 11.3 Å². The summed E-state index contributed by atoms with van der Waals surface area (Å²) in [5.41, 5.74) is 1.01. The van der Waals surface area contributed by atoms with Gasteiger partial charge < -0.3 is 10.4 Å². The van der Waals surface area contributed by atoms with Gasteiger partial charge in [0.2, 0.25) is 5.91 Å². The lowest BCUT2D eigenvalue weighted by Gasteiger charge is -2.18. The number of carbonyl (C=O) groups is 2. The van der Waals surface area contributed by atoms with Crippen molar-refractivity contribution in [3.8, 4) is 0 Å². The van der Waals surface area contributed by atoms with E-state index in [9.17, 15) is 14.4 Å².